The molecule has 0 saturated carbocycles. The van der Waals surface area contributed by atoms with Crippen molar-refractivity contribution in [3.63, 3.8) is 0 Å². The Labute approximate surface area is 146 Å². The minimum Gasteiger partial charge on any atom is -0.456 e. The Morgan fingerprint density at radius 2 is 2.25 bits per heavy atom. The molecule has 2 aromatic rings. The predicted octanol–water partition coefficient (Wildman–Crippen LogP) is 5.39. The molecule has 2 aliphatic rings. The largest absolute Gasteiger partial charge is 0.456 e. The van der Waals surface area contributed by atoms with E-state index in [9.17, 15) is 4.79 Å². The van der Waals surface area contributed by atoms with Gasteiger partial charge in [0.15, 0.2) is 5.78 Å². The van der Waals surface area contributed by atoms with Gasteiger partial charge < -0.3 is 9.32 Å². The lowest BCUT2D eigenvalue weighted by Gasteiger charge is -2.21. The van der Waals surface area contributed by atoms with Crippen molar-refractivity contribution in [1.82, 2.24) is 0 Å². The first kappa shape index (κ1) is 15.6. The first-order valence-corrected chi connectivity index (χ1v) is 9.25. The van der Waals surface area contributed by atoms with E-state index < -0.39 is 0 Å². The Hall–Kier alpha value is -1.94. The maximum atomic E-state index is 11.6. The maximum Gasteiger partial charge on any atom is 0.155 e. The van der Waals surface area contributed by atoms with Crippen molar-refractivity contribution in [1.29, 1.82) is 0 Å². The van der Waals surface area contributed by atoms with Crippen LogP contribution in [-0.2, 0) is 11.2 Å². The van der Waals surface area contributed by atoms with Crippen molar-refractivity contribution in [2.75, 3.05) is 11.4 Å². The Balaban J connectivity index is 1.97. The van der Waals surface area contributed by atoms with Crippen LogP contribution in [0, 0.1) is 5.92 Å². The zero-order chi connectivity index (χ0) is 17.0. The average molecular weight is 339 g/mol. The number of anilines is 1. The summed E-state index contributed by atoms with van der Waals surface area (Å²) in [6.07, 6.45) is 4.93. The number of thioether (sulfide) groups is 1. The minimum atomic E-state index is 0.0846. The molecule has 1 atom stereocenters. The van der Waals surface area contributed by atoms with Gasteiger partial charge in [-0.05, 0) is 51.3 Å². The van der Waals surface area contributed by atoms with Crippen molar-refractivity contribution >= 4 is 40.3 Å². The van der Waals surface area contributed by atoms with E-state index in [4.69, 9.17) is 4.42 Å². The molecule has 0 radical (unpaired) electrons. The second-order valence-corrected chi connectivity index (χ2v) is 7.73. The monoisotopic (exact) mass is 339 g/mol. The molecular formula is C20H21NO2S. The van der Waals surface area contributed by atoms with Crippen molar-refractivity contribution in [2.24, 2.45) is 5.92 Å². The molecule has 0 bridgehead atoms. The number of rotatable bonds is 2. The molecule has 2 heterocycles. The molecule has 0 saturated heterocycles. The maximum absolute atomic E-state index is 11.6. The lowest BCUT2D eigenvalue weighted by molar-refractivity contribution is -0.112. The number of allylic oxidation sites excluding steroid dienone is 2. The van der Waals surface area contributed by atoms with Gasteiger partial charge in [-0.3, -0.25) is 4.79 Å². The number of hydrogen-bond acceptors (Lipinski definition) is 4. The molecule has 0 amide bonds. The number of ketones is 1. The minimum absolute atomic E-state index is 0.0846. The van der Waals surface area contributed by atoms with E-state index in [-0.39, 0.29) is 5.78 Å². The zero-order valence-electron chi connectivity index (χ0n) is 14.5. The van der Waals surface area contributed by atoms with E-state index in [1.807, 2.05) is 0 Å². The third-order valence-electron chi connectivity index (χ3n) is 4.96. The molecule has 4 rings (SSSR count). The molecule has 124 valence electrons. The fraction of sp³-hybridized carbons (Fsp3) is 0.350. The second kappa shape index (κ2) is 5.55. The average Bonchev–Trinajstić information content (AvgIpc) is 3.04. The van der Waals surface area contributed by atoms with Crippen LogP contribution >= 0.6 is 11.8 Å². The molecule has 4 heteroatoms. The van der Waals surface area contributed by atoms with Gasteiger partial charge in [0.1, 0.15) is 11.3 Å². The number of hydrogen-bond donors (Lipinski definition) is 0. The van der Waals surface area contributed by atoms with Crippen LogP contribution in [0.4, 0.5) is 5.69 Å². The van der Waals surface area contributed by atoms with Crippen LogP contribution in [0.15, 0.2) is 38.1 Å². The summed E-state index contributed by atoms with van der Waals surface area (Å²) in [5.74, 6) is 1.62. The van der Waals surface area contributed by atoms with Crippen molar-refractivity contribution < 1.29 is 9.21 Å². The summed E-state index contributed by atoms with van der Waals surface area (Å²) in [5.41, 5.74) is 4.83. The van der Waals surface area contributed by atoms with E-state index in [1.54, 1.807) is 24.8 Å². The smallest absolute Gasteiger partial charge is 0.155 e. The summed E-state index contributed by atoms with van der Waals surface area (Å²) >= 11 is 1.68. The van der Waals surface area contributed by atoms with Crippen LogP contribution in [0.3, 0.4) is 0 Å². The number of furan rings is 1. The van der Waals surface area contributed by atoms with E-state index in [2.05, 4.69) is 43.9 Å². The van der Waals surface area contributed by atoms with Crippen LogP contribution in [0.25, 0.3) is 17.0 Å². The summed E-state index contributed by atoms with van der Waals surface area (Å²) in [5, 5.41) is 2.23. The third-order valence-corrected chi connectivity index (χ3v) is 6.06. The molecule has 0 spiro atoms. The summed E-state index contributed by atoms with van der Waals surface area (Å²) in [6.45, 7) is 9.01. The van der Waals surface area contributed by atoms with Crippen LogP contribution in [-0.4, -0.2) is 12.3 Å². The molecule has 24 heavy (non-hydrogen) atoms. The lowest BCUT2D eigenvalue weighted by Crippen LogP contribution is -2.18. The van der Waals surface area contributed by atoms with Gasteiger partial charge in [0.05, 0.1) is 10.7 Å². The molecule has 1 aliphatic carbocycles. The Bertz CT molecular complexity index is 919. The zero-order valence-corrected chi connectivity index (χ0v) is 15.3. The van der Waals surface area contributed by atoms with Gasteiger partial charge in [0.25, 0.3) is 0 Å². The van der Waals surface area contributed by atoms with Gasteiger partial charge in [-0.2, -0.15) is 0 Å². The van der Waals surface area contributed by atoms with Crippen LogP contribution in [0.1, 0.15) is 39.0 Å². The van der Waals surface area contributed by atoms with E-state index in [0.717, 1.165) is 29.3 Å². The van der Waals surface area contributed by atoms with Crippen molar-refractivity contribution in [3.8, 4) is 0 Å². The summed E-state index contributed by atoms with van der Waals surface area (Å²) in [4.78, 5) is 15.0. The highest BCUT2D eigenvalue weighted by atomic mass is 32.2. The van der Waals surface area contributed by atoms with Gasteiger partial charge in [0, 0.05) is 28.5 Å². The highest BCUT2D eigenvalue weighted by Crippen LogP contribution is 2.52. The fourth-order valence-electron chi connectivity index (χ4n) is 3.59. The Morgan fingerprint density at radius 1 is 1.46 bits per heavy atom. The van der Waals surface area contributed by atoms with Crippen molar-refractivity contribution in [2.45, 2.75) is 39.0 Å². The van der Waals surface area contributed by atoms with Gasteiger partial charge in [-0.1, -0.05) is 24.3 Å². The molecular weight excluding hydrogens is 318 g/mol. The van der Waals surface area contributed by atoms with Crippen LogP contribution < -0.4 is 4.90 Å². The molecule has 0 fully saturated rings. The van der Waals surface area contributed by atoms with E-state index in [0.29, 0.717) is 5.92 Å². The topological polar surface area (TPSA) is 33.5 Å². The van der Waals surface area contributed by atoms with Crippen molar-refractivity contribution in [3.05, 3.63) is 40.1 Å². The number of fused-ring (bicyclic) bond motifs is 5. The number of nitrogens with zero attached hydrogens (tertiary/aromatic N) is 1. The van der Waals surface area contributed by atoms with Gasteiger partial charge in [-0.15, -0.1) is 0 Å². The molecule has 3 nitrogen and oxygen atoms in total. The van der Waals surface area contributed by atoms with Gasteiger partial charge >= 0.3 is 0 Å². The number of carbonyl (C=O) groups is 1. The highest BCUT2D eigenvalue weighted by Gasteiger charge is 2.31. The molecule has 1 unspecified atom stereocenters. The quantitative estimate of drug-likeness (QED) is 0.687. The van der Waals surface area contributed by atoms with Crippen LogP contribution in [0.2, 0.25) is 0 Å². The standard InChI is InChI=1S/C20H21NO2S/c1-5-21-18(10-13(4)22)24-17-7-6-15-19(20(17)21)14-8-11(2)12(3)9-16(14)23-15/h6-7,9-11H,5,8H2,1-4H3/b18-10-. The SMILES string of the molecule is CCN1/C(=C/C(C)=O)Sc2ccc3oc4c(c3c21)CC(C)C(C)=C4. The first-order valence-electron chi connectivity index (χ1n) is 8.43. The highest BCUT2D eigenvalue weighted by molar-refractivity contribution is 8.03. The predicted molar refractivity (Wildman–Crippen MR) is 100 cm³/mol. The number of carbonyl (C=O) groups excluding carboxylic acids is 1. The Morgan fingerprint density at radius 3 is 2.96 bits per heavy atom. The van der Waals surface area contributed by atoms with E-state index >= 15 is 0 Å². The summed E-state index contributed by atoms with van der Waals surface area (Å²) in [6, 6.07) is 4.18. The van der Waals surface area contributed by atoms with Gasteiger partial charge in [0.2, 0.25) is 0 Å². The third kappa shape index (κ3) is 2.24. The molecule has 1 aromatic carbocycles. The number of benzene rings is 1. The molecule has 0 N–H and O–H groups in total. The molecule has 1 aliphatic heterocycles. The van der Waals surface area contributed by atoms with Gasteiger partial charge in [-0.25, -0.2) is 0 Å². The summed E-state index contributed by atoms with van der Waals surface area (Å²) < 4.78 is 6.14. The fourth-order valence-corrected chi connectivity index (χ4v) is 4.82. The summed E-state index contributed by atoms with van der Waals surface area (Å²) in [7, 11) is 0. The normalized spacial score (nSPS) is 21.2. The molecule has 1 aromatic heterocycles. The Kier molecular flexibility index (Phi) is 3.61. The second-order valence-electron chi connectivity index (χ2n) is 6.66. The van der Waals surface area contributed by atoms with E-state index in [1.165, 1.54) is 27.1 Å². The first-order chi connectivity index (χ1) is 11.5. The van der Waals surface area contributed by atoms with Crippen LogP contribution in [0.5, 0.6) is 0 Å². The lowest BCUT2D eigenvalue weighted by atomic mass is 9.87.